The molecule has 160 valence electrons. The van der Waals surface area contributed by atoms with E-state index in [2.05, 4.69) is 10.5 Å². The molecule has 4 rings (SSSR count). The van der Waals surface area contributed by atoms with Crippen LogP contribution in [0.1, 0.15) is 24.0 Å². The van der Waals surface area contributed by atoms with Gasteiger partial charge >= 0.3 is 0 Å². The summed E-state index contributed by atoms with van der Waals surface area (Å²) in [6.07, 6.45) is 2.94. The molecule has 2 aromatic carbocycles. The minimum Gasteiger partial charge on any atom is -0.392 e. The van der Waals surface area contributed by atoms with Crippen LogP contribution in [0.25, 0.3) is 5.69 Å². The SMILES string of the molecule is O=c1ccc(C(=NOC2CCNCC2)c2ccc(F)cc2F)cn1-c1ccccc1Cl. The van der Waals surface area contributed by atoms with Gasteiger partial charge in [0.2, 0.25) is 0 Å². The molecule has 8 heteroatoms. The topological polar surface area (TPSA) is 55.6 Å². The van der Waals surface area contributed by atoms with Crippen molar-refractivity contribution in [3.05, 3.63) is 98.9 Å². The minimum atomic E-state index is -0.775. The highest BCUT2D eigenvalue weighted by molar-refractivity contribution is 6.32. The number of hydrogen-bond acceptors (Lipinski definition) is 4. The second kappa shape index (κ2) is 9.41. The Morgan fingerprint density at radius 1 is 1.10 bits per heavy atom. The smallest absolute Gasteiger partial charge is 0.255 e. The van der Waals surface area contributed by atoms with Crippen molar-refractivity contribution >= 4 is 17.3 Å². The Labute approximate surface area is 182 Å². The van der Waals surface area contributed by atoms with Crippen LogP contribution in [0, 0.1) is 11.6 Å². The summed E-state index contributed by atoms with van der Waals surface area (Å²) in [6, 6.07) is 13.0. The fourth-order valence-electron chi connectivity index (χ4n) is 3.43. The second-order valence-corrected chi connectivity index (χ2v) is 7.60. The maximum atomic E-state index is 14.6. The van der Waals surface area contributed by atoms with Crippen molar-refractivity contribution in [3.8, 4) is 5.69 Å². The van der Waals surface area contributed by atoms with Gasteiger partial charge in [0.25, 0.3) is 5.56 Å². The monoisotopic (exact) mass is 443 g/mol. The van der Waals surface area contributed by atoms with Gasteiger partial charge in [0.15, 0.2) is 0 Å². The molecule has 0 radical (unpaired) electrons. The summed E-state index contributed by atoms with van der Waals surface area (Å²) in [5, 5.41) is 7.87. The molecule has 0 saturated carbocycles. The largest absolute Gasteiger partial charge is 0.392 e. The van der Waals surface area contributed by atoms with Crippen LogP contribution in [-0.4, -0.2) is 29.5 Å². The maximum Gasteiger partial charge on any atom is 0.255 e. The summed E-state index contributed by atoms with van der Waals surface area (Å²) in [5.41, 5.74) is 0.833. The van der Waals surface area contributed by atoms with Crippen LogP contribution in [0.4, 0.5) is 8.78 Å². The van der Waals surface area contributed by atoms with Crippen molar-refractivity contribution in [1.82, 2.24) is 9.88 Å². The summed E-state index contributed by atoms with van der Waals surface area (Å²) in [5.74, 6) is -1.47. The first-order valence-electron chi connectivity index (χ1n) is 9.91. The number of piperidine rings is 1. The molecule has 1 saturated heterocycles. The van der Waals surface area contributed by atoms with E-state index in [1.807, 2.05) is 0 Å². The number of halogens is 3. The first-order valence-corrected chi connectivity index (χ1v) is 10.3. The van der Waals surface area contributed by atoms with Gasteiger partial charge in [-0.05, 0) is 56.3 Å². The third-order valence-electron chi connectivity index (χ3n) is 5.06. The number of nitrogens with one attached hydrogen (secondary N) is 1. The number of benzene rings is 2. The van der Waals surface area contributed by atoms with E-state index in [9.17, 15) is 13.6 Å². The van der Waals surface area contributed by atoms with Crippen molar-refractivity contribution in [3.63, 3.8) is 0 Å². The fourth-order valence-corrected chi connectivity index (χ4v) is 3.66. The molecule has 1 N–H and O–H groups in total. The molecule has 0 unspecified atom stereocenters. The van der Waals surface area contributed by atoms with Crippen LogP contribution in [0.5, 0.6) is 0 Å². The quantitative estimate of drug-likeness (QED) is 0.473. The Bertz CT molecular complexity index is 1170. The van der Waals surface area contributed by atoms with E-state index in [0.717, 1.165) is 38.1 Å². The number of rotatable bonds is 5. The van der Waals surface area contributed by atoms with Gasteiger partial charge in [-0.25, -0.2) is 8.78 Å². The molecule has 1 aromatic heterocycles. The highest BCUT2D eigenvalue weighted by Crippen LogP contribution is 2.21. The van der Waals surface area contributed by atoms with Crippen molar-refractivity contribution in [2.24, 2.45) is 5.16 Å². The minimum absolute atomic E-state index is 0.0692. The molecule has 1 aliphatic rings. The summed E-state index contributed by atoms with van der Waals surface area (Å²) in [7, 11) is 0. The summed E-state index contributed by atoms with van der Waals surface area (Å²) >= 11 is 6.26. The molecule has 1 aliphatic heterocycles. The molecule has 2 heterocycles. The van der Waals surface area contributed by atoms with E-state index in [-0.39, 0.29) is 22.9 Å². The molecule has 5 nitrogen and oxygen atoms in total. The van der Waals surface area contributed by atoms with Gasteiger partial charge in [-0.3, -0.25) is 9.36 Å². The first-order chi connectivity index (χ1) is 15.0. The van der Waals surface area contributed by atoms with E-state index >= 15 is 0 Å². The zero-order chi connectivity index (χ0) is 21.8. The predicted molar refractivity (Wildman–Crippen MR) is 116 cm³/mol. The third kappa shape index (κ3) is 4.84. The van der Waals surface area contributed by atoms with Crippen LogP contribution >= 0.6 is 11.6 Å². The van der Waals surface area contributed by atoms with Gasteiger partial charge in [-0.2, -0.15) is 0 Å². The Morgan fingerprint density at radius 3 is 2.61 bits per heavy atom. The number of para-hydroxylation sites is 1. The van der Waals surface area contributed by atoms with E-state index in [1.54, 1.807) is 24.3 Å². The lowest BCUT2D eigenvalue weighted by Crippen LogP contribution is -2.31. The Hall–Kier alpha value is -3.03. The molecule has 0 spiro atoms. The Kier molecular flexibility index (Phi) is 6.44. The molecule has 3 aromatic rings. The zero-order valence-corrected chi connectivity index (χ0v) is 17.3. The van der Waals surface area contributed by atoms with E-state index in [4.69, 9.17) is 16.4 Å². The van der Waals surface area contributed by atoms with Gasteiger partial charge in [0, 0.05) is 29.5 Å². The maximum absolute atomic E-state index is 14.6. The van der Waals surface area contributed by atoms with E-state index in [0.29, 0.717) is 16.3 Å². The molecule has 0 aliphatic carbocycles. The average Bonchev–Trinajstić information content (AvgIpc) is 2.77. The van der Waals surface area contributed by atoms with Crippen LogP contribution in [0.15, 0.2) is 70.7 Å². The van der Waals surface area contributed by atoms with Crippen molar-refractivity contribution in [2.75, 3.05) is 13.1 Å². The lowest BCUT2D eigenvalue weighted by atomic mass is 10.0. The fraction of sp³-hybridized carbons (Fsp3) is 0.217. The number of pyridine rings is 1. The first kappa shape index (κ1) is 21.2. The predicted octanol–water partition coefficient (Wildman–Crippen LogP) is 4.29. The third-order valence-corrected chi connectivity index (χ3v) is 5.38. The lowest BCUT2D eigenvalue weighted by Gasteiger charge is -2.21. The normalized spacial score (nSPS) is 15.1. The Morgan fingerprint density at radius 2 is 1.87 bits per heavy atom. The highest BCUT2D eigenvalue weighted by atomic mass is 35.5. The van der Waals surface area contributed by atoms with Gasteiger partial charge in [-0.1, -0.05) is 28.9 Å². The zero-order valence-electron chi connectivity index (χ0n) is 16.5. The summed E-state index contributed by atoms with van der Waals surface area (Å²) in [4.78, 5) is 18.2. The van der Waals surface area contributed by atoms with E-state index in [1.165, 1.54) is 29.0 Å². The molecule has 0 amide bonds. The van der Waals surface area contributed by atoms with Gasteiger partial charge in [0.05, 0.1) is 10.7 Å². The van der Waals surface area contributed by atoms with Crippen LogP contribution in [0.2, 0.25) is 5.02 Å². The van der Waals surface area contributed by atoms with E-state index < -0.39 is 11.6 Å². The molecule has 31 heavy (non-hydrogen) atoms. The number of aromatic nitrogens is 1. The van der Waals surface area contributed by atoms with Gasteiger partial charge in [-0.15, -0.1) is 0 Å². The Balaban J connectivity index is 1.80. The second-order valence-electron chi connectivity index (χ2n) is 7.20. The number of nitrogens with zero attached hydrogens (tertiary/aromatic N) is 2. The molecule has 0 bridgehead atoms. The number of oxime groups is 1. The molecular weight excluding hydrogens is 424 g/mol. The van der Waals surface area contributed by atoms with Gasteiger partial charge < -0.3 is 10.2 Å². The lowest BCUT2D eigenvalue weighted by molar-refractivity contribution is 0.0378. The molecule has 0 atom stereocenters. The molecular formula is C23H20ClF2N3O2. The average molecular weight is 444 g/mol. The van der Waals surface area contributed by atoms with Gasteiger partial charge in [0.1, 0.15) is 23.5 Å². The van der Waals surface area contributed by atoms with Crippen molar-refractivity contribution < 1.29 is 13.6 Å². The van der Waals surface area contributed by atoms with Crippen LogP contribution in [0.3, 0.4) is 0 Å². The molecule has 1 fully saturated rings. The van der Waals surface area contributed by atoms with Crippen LogP contribution in [-0.2, 0) is 4.84 Å². The summed E-state index contributed by atoms with van der Waals surface area (Å²) < 4.78 is 29.5. The van der Waals surface area contributed by atoms with Crippen molar-refractivity contribution in [2.45, 2.75) is 18.9 Å². The summed E-state index contributed by atoms with van der Waals surface area (Å²) in [6.45, 7) is 1.61. The highest BCUT2D eigenvalue weighted by Gasteiger charge is 2.19. The standard InChI is InChI=1S/C23H20ClF2N3O2/c24-19-3-1-2-4-21(19)29-14-15(5-8-22(29)30)23(18-7-6-16(25)13-20(18)26)28-31-17-9-11-27-12-10-17/h1-8,13-14,17,27H,9-12H2. The van der Waals surface area contributed by atoms with Crippen LogP contribution < -0.4 is 10.9 Å². The number of hydrogen-bond donors (Lipinski definition) is 1. The van der Waals surface area contributed by atoms with Crippen molar-refractivity contribution in [1.29, 1.82) is 0 Å².